The molecule has 106 valence electrons. The van der Waals surface area contributed by atoms with Crippen LogP contribution >= 0.6 is 11.8 Å². The number of thioether (sulfide) groups is 1. The van der Waals surface area contributed by atoms with Gasteiger partial charge in [0, 0.05) is 16.9 Å². The van der Waals surface area contributed by atoms with Crippen LogP contribution in [0, 0.1) is 0 Å². The Bertz CT molecular complexity index is 412. The second-order valence-electron chi connectivity index (χ2n) is 4.78. The summed E-state index contributed by atoms with van der Waals surface area (Å²) >= 11 is 2.07. The van der Waals surface area contributed by atoms with Crippen molar-refractivity contribution in [3.05, 3.63) is 11.9 Å². The normalized spacial score (nSPS) is 22.5. The first-order valence-corrected chi connectivity index (χ1v) is 8.01. The molecule has 1 aromatic rings. The van der Waals surface area contributed by atoms with Gasteiger partial charge in [0.15, 0.2) is 0 Å². The number of hydrazine groups is 1. The first kappa shape index (κ1) is 14.4. The lowest BCUT2D eigenvalue weighted by molar-refractivity contribution is 0.748. The van der Waals surface area contributed by atoms with E-state index in [9.17, 15) is 0 Å². The Labute approximate surface area is 119 Å². The molecule has 1 heterocycles. The summed E-state index contributed by atoms with van der Waals surface area (Å²) in [5.74, 6) is 8.34. The maximum absolute atomic E-state index is 5.49. The third-order valence-corrected chi connectivity index (χ3v) is 4.80. The number of nitrogens with one attached hydrogen (secondary N) is 2. The molecule has 5 nitrogen and oxygen atoms in total. The van der Waals surface area contributed by atoms with Gasteiger partial charge >= 0.3 is 0 Å². The van der Waals surface area contributed by atoms with Crippen molar-refractivity contribution in [3.8, 4) is 0 Å². The average Bonchev–Trinajstić information content (AvgIpc) is 2.86. The van der Waals surface area contributed by atoms with E-state index in [-0.39, 0.29) is 0 Å². The van der Waals surface area contributed by atoms with E-state index in [1.807, 2.05) is 0 Å². The van der Waals surface area contributed by atoms with Crippen LogP contribution in [-0.2, 0) is 6.42 Å². The first-order chi connectivity index (χ1) is 9.28. The zero-order valence-corrected chi connectivity index (χ0v) is 12.5. The number of anilines is 2. The molecule has 0 amide bonds. The Kier molecular flexibility index (Phi) is 5.27. The van der Waals surface area contributed by atoms with Gasteiger partial charge in [-0.3, -0.25) is 0 Å². The molecule has 0 saturated heterocycles. The van der Waals surface area contributed by atoms with E-state index >= 15 is 0 Å². The van der Waals surface area contributed by atoms with Crippen LogP contribution in [0.2, 0.25) is 0 Å². The smallest absolute Gasteiger partial charge is 0.148 e. The third kappa shape index (κ3) is 3.51. The molecular formula is C13H23N5S. The number of nitrogens with two attached hydrogens (primary N) is 1. The van der Waals surface area contributed by atoms with Gasteiger partial charge in [0.2, 0.25) is 0 Å². The largest absolute Gasteiger partial charge is 0.367 e. The predicted octanol–water partition coefficient (Wildman–Crippen LogP) is 2.41. The highest BCUT2D eigenvalue weighted by molar-refractivity contribution is 7.99. The number of rotatable bonds is 6. The van der Waals surface area contributed by atoms with Crippen molar-refractivity contribution in [1.29, 1.82) is 0 Å². The number of aromatic nitrogens is 2. The van der Waals surface area contributed by atoms with Gasteiger partial charge in [-0.2, -0.15) is 11.8 Å². The van der Waals surface area contributed by atoms with Crippen molar-refractivity contribution in [2.45, 2.75) is 50.8 Å². The van der Waals surface area contributed by atoms with Gasteiger partial charge in [-0.25, -0.2) is 15.8 Å². The predicted molar refractivity (Wildman–Crippen MR) is 82.4 cm³/mol. The highest BCUT2D eigenvalue weighted by Crippen LogP contribution is 2.32. The molecule has 0 radical (unpaired) electrons. The molecule has 2 rings (SSSR count). The summed E-state index contributed by atoms with van der Waals surface area (Å²) in [4.78, 5) is 8.52. The van der Waals surface area contributed by atoms with E-state index in [1.165, 1.54) is 25.0 Å². The van der Waals surface area contributed by atoms with E-state index in [2.05, 4.69) is 46.3 Å². The molecule has 1 aromatic heterocycles. The fraction of sp³-hybridized carbons (Fsp3) is 0.692. The summed E-state index contributed by atoms with van der Waals surface area (Å²) in [6.07, 6.45) is 6.16. The van der Waals surface area contributed by atoms with Crippen molar-refractivity contribution >= 4 is 23.4 Å². The molecule has 1 aliphatic rings. The van der Waals surface area contributed by atoms with E-state index in [0.717, 1.165) is 28.9 Å². The monoisotopic (exact) mass is 281 g/mol. The Hall–Kier alpha value is -1.01. The summed E-state index contributed by atoms with van der Waals surface area (Å²) in [5, 5.41) is 4.36. The number of hydrogen-bond acceptors (Lipinski definition) is 6. The first-order valence-electron chi connectivity index (χ1n) is 6.97. The molecule has 0 bridgehead atoms. The molecule has 2 atom stereocenters. The fourth-order valence-corrected chi connectivity index (χ4v) is 3.79. The molecule has 1 aliphatic carbocycles. The topological polar surface area (TPSA) is 75.9 Å². The molecule has 0 spiro atoms. The lowest BCUT2D eigenvalue weighted by Gasteiger charge is -2.17. The zero-order valence-electron chi connectivity index (χ0n) is 11.6. The van der Waals surface area contributed by atoms with Gasteiger partial charge in [0.1, 0.15) is 18.0 Å². The second-order valence-corrected chi connectivity index (χ2v) is 6.36. The van der Waals surface area contributed by atoms with Crippen LogP contribution in [0.15, 0.2) is 6.33 Å². The van der Waals surface area contributed by atoms with E-state index < -0.39 is 0 Å². The Morgan fingerprint density at radius 2 is 2.11 bits per heavy atom. The maximum atomic E-state index is 5.49. The van der Waals surface area contributed by atoms with Gasteiger partial charge in [0.25, 0.3) is 0 Å². The highest BCUT2D eigenvalue weighted by Gasteiger charge is 2.25. The molecule has 6 heteroatoms. The maximum Gasteiger partial charge on any atom is 0.148 e. The summed E-state index contributed by atoms with van der Waals surface area (Å²) in [6.45, 7) is 4.32. The minimum absolute atomic E-state index is 0.523. The summed E-state index contributed by atoms with van der Waals surface area (Å²) in [5.41, 5.74) is 3.71. The number of hydrogen-bond donors (Lipinski definition) is 3. The van der Waals surface area contributed by atoms with E-state index in [0.29, 0.717) is 6.04 Å². The lowest BCUT2D eigenvalue weighted by Crippen LogP contribution is -2.20. The van der Waals surface area contributed by atoms with Gasteiger partial charge in [0.05, 0.1) is 0 Å². The lowest BCUT2D eigenvalue weighted by atomic mass is 10.2. The van der Waals surface area contributed by atoms with Crippen molar-refractivity contribution in [1.82, 2.24) is 9.97 Å². The van der Waals surface area contributed by atoms with Crippen LogP contribution in [-0.4, -0.2) is 27.0 Å². The Balaban J connectivity index is 2.03. The van der Waals surface area contributed by atoms with Crippen LogP contribution in [0.5, 0.6) is 0 Å². The van der Waals surface area contributed by atoms with Crippen molar-refractivity contribution in [3.63, 3.8) is 0 Å². The molecule has 4 N–H and O–H groups in total. The number of nitrogen functional groups attached to an aromatic ring is 1. The van der Waals surface area contributed by atoms with Crippen LogP contribution in [0.25, 0.3) is 0 Å². The van der Waals surface area contributed by atoms with Crippen molar-refractivity contribution in [2.75, 3.05) is 16.5 Å². The fourth-order valence-electron chi connectivity index (χ4n) is 2.65. The minimum Gasteiger partial charge on any atom is -0.367 e. The van der Waals surface area contributed by atoms with Crippen LogP contribution in [0.4, 0.5) is 11.6 Å². The van der Waals surface area contributed by atoms with E-state index in [1.54, 1.807) is 6.33 Å². The molecule has 1 saturated carbocycles. The summed E-state index contributed by atoms with van der Waals surface area (Å²) in [7, 11) is 0. The Morgan fingerprint density at radius 3 is 2.79 bits per heavy atom. The van der Waals surface area contributed by atoms with Gasteiger partial charge in [-0.15, -0.1) is 0 Å². The van der Waals surface area contributed by atoms with Crippen LogP contribution in [0.3, 0.4) is 0 Å². The van der Waals surface area contributed by atoms with E-state index in [4.69, 9.17) is 5.84 Å². The van der Waals surface area contributed by atoms with Crippen molar-refractivity contribution < 1.29 is 0 Å². The highest BCUT2D eigenvalue weighted by atomic mass is 32.2. The Morgan fingerprint density at radius 1 is 1.32 bits per heavy atom. The van der Waals surface area contributed by atoms with Gasteiger partial charge in [-0.1, -0.05) is 13.8 Å². The molecule has 0 aromatic carbocycles. The minimum atomic E-state index is 0.523. The average molecular weight is 281 g/mol. The SMILES string of the molecule is CCSC1CCC(Nc2ncnc(NN)c2CC)C1. The molecular weight excluding hydrogens is 258 g/mol. The van der Waals surface area contributed by atoms with Gasteiger partial charge < -0.3 is 10.7 Å². The van der Waals surface area contributed by atoms with Crippen LogP contribution in [0.1, 0.15) is 38.7 Å². The third-order valence-electron chi connectivity index (χ3n) is 3.56. The number of nitrogens with zero attached hydrogens (tertiary/aromatic N) is 2. The molecule has 1 fully saturated rings. The molecule has 19 heavy (non-hydrogen) atoms. The zero-order chi connectivity index (χ0) is 13.7. The molecule has 0 aliphatic heterocycles. The van der Waals surface area contributed by atoms with Crippen molar-refractivity contribution in [2.24, 2.45) is 5.84 Å². The van der Waals surface area contributed by atoms with Gasteiger partial charge in [-0.05, 0) is 31.4 Å². The van der Waals surface area contributed by atoms with Crippen LogP contribution < -0.4 is 16.6 Å². The summed E-state index contributed by atoms with van der Waals surface area (Å²) < 4.78 is 0. The standard InChI is InChI=1S/C13H23N5S/c1-3-11-12(15-8-16-13(11)18-14)17-9-5-6-10(7-9)19-4-2/h8-10H,3-7,14H2,1-2H3,(H2,15,16,17,18). The molecule has 2 unspecified atom stereocenters. The summed E-state index contributed by atoms with van der Waals surface area (Å²) in [6, 6.07) is 0.523. The quantitative estimate of drug-likeness (QED) is 0.549. The second kappa shape index (κ2) is 6.96.